The summed E-state index contributed by atoms with van der Waals surface area (Å²) in [5, 5.41) is 0. The van der Waals surface area contributed by atoms with Gasteiger partial charge in [0, 0.05) is 19.2 Å². The number of hydrogen-bond donors (Lipinski definition) is 0. The highest BCUT2D eigenvalue weighted by Crippen LogP contribution is 2.16. The van der Waals surface area contributed by atoms with Gasteiger partial charge in [-0.3, -0.25) is 0 Å². The first kappa shape index (κ1) is 10.2. The Morgan fingerprint density at radius 1 is 1.85 bits per heavy atom. The van der Waals surface area contributed by atoms with E-state index < -0.39 is 12.4 Å². The summed E-state index contributed by atoms with van der Waals surface area (Å²) in [4.78, 5) is 12.8. The maximum atomic E-state index is 10.9. The lowest BCUT2D eigenvalue weighted by atomic mass is 10.4. The minimum absolute atomic E-state index is 0.113. The third kappa shape index (κ3) is 2.54. The Kier molecular flexibility index (Phi) is 3.45. The summed E-state index contributed by atoms with van der Waals surface area (Å²) >= 11 is 0. The summed E-state index contributed by atoms with van der Waals surface area (Å²) in [5.74, 6) is -0.447. The molecule has 0 saturated carbocycles. The van der Waals surface area contributed by atoms with Crippen molar-refractivity contribution in [2.45, 2.75) is 26.4 Å². The summed E-state index contributed by atoms with van der Waals surface area (Å²) < 4.78 is 10.4. The molecule has 4 nitrogen and oxygen atoms in total. The molecule has 1 aliphatic rings. The smallest absolute Gasteiger partial charge is 0.333 e. The Balaban J connectivity index is 2.48. The predicted molar refractivity (Wildman–Crippen MR) is 47.9 cm³/mol. The second-order valence-corrected chi connectivity index (χ2v) is 2.98. The Morgan fingerprint density at radius 2 is 2.54 bits per heavy atom. The standard InChI is InChI=1S/C9H15NO3/c1-4-8(11)13-9-10(5-2)6-7(3)12-9/h4,7,9H,1,5-6H2,2-3H3. The van der Waals surface area contributed by atoms with Crippen LogP contribution in [0.3, 0.4) is 0 Å². The molecule has 2 atom stereocenters. The molecule has 74 valence electrons. The fourth-order valence-electron chi connectivity index (χ4n) is 1.27. The number of nitrogens with zero attached hydrogens (tertiary/aromatic N) is 1. The van der Waals surface area contributed by atoms with Gasteiger partial charge in [0.2, 0.25) is 0 Å². The summed E-state index contributed by atoms with van der Waals surface area (Å²) in [6.07, 6.45) is 0.716. The zero-order valence-corrected chi connectivity index (χ0v) is 8.03. The quantitative estimate of drug-likeness (QED) is 0.480. The van der Waals surface area contributed by atoms with E-state index in [2.05, 4.69) is 6.58 Å². The second kappa shape index (κ2) is 4.39. The zero-order chi connectivity index (χ0) is 9.84. The molecule has 0 N–H and O–H groups in total. The molecule has 1 fully saturated rings. The molecule has 2 unspecified atom stereocenters. The van der Waals surface area contributed by atoms with Crippen LogP contribution in [0.15, 0.2) is 12.7 Å². The van der Waals surface area contributed by atoms with Crippen LogP contribution in [0.5, 0.6) is 0 Å². The van der Waals surface area contributed by atoms with Crippen molar-refractivity contribution >= 4 is 5.97 Å². The van der Waals surface area contributed by atoms with Crippen molar-refractivity contribution in [2.24, 2.45) is 0 Å². The molecule has 1 heterocycles. The number of likely N-dealkylation sites (N-methyl/N-ethyl adjacent to an activating group) is 1. The number of rotatable bonds is 3. The normalized spacial score (nSPS) is 28.8. The average Bonchev–Trinajstić information content (AvgIpc) is 2.46. The molecule has 4 heteroatoms. The van der Waals surface area contributed by atoms with Gasteiger partial charge in [0.15, 0.2) is 0 Å². The first-order chi connectivity index (χ1) is 6.17. The molecule has 1 rings (SSSR count). The summed E-state index contributed by atoms with van der Waals surface area (Å²) in [6.45, 7) is 8.87. The van der Waals surface area contributed by atoms with E-state index in [4.69, 9.17) is 9.47 Å². The predicted octanol–water partition coefficient (Wildman–Crippen LogP) is 0.740. The van der Waals surface area contributed by atoms with E-state index in [-0.39, 0.29) is 6.10 Å². The lowest BCUT2D eigenvalue weighted by molar-refractivity contribution is -0.192. The molecular formula is C9H15NO3. The maximum Gasteiger partial charge on any atom is 0.333 e. The van der Waals surface area contributed by atoms with Gasteiger partial charge < -0.3 is 9.47 Å². The average molecular weight is 185 g/mol. The molecule has 0 aromatic rings. The van der Waals surface area contributed by atoms with Gasteiger partial charge in [-0.2, -0.15) is 0 Å². The van der Waals surface area contributed by atoms with Gasteiger partial charge in [-0.1, -0.05) is 13.5 Å². The summed E-state index contributed by atoms with van der Waals surface area (Å²) in [7, 11) is 0. The molecule has 0 amide bonds. The third-order valence-corrected chi connectivity index (χ3v) is 1.93. The molecule has 0 aliphatic carbocycles. The minimum atomic E-state index is -0.537. The fraction of sp³-hybridized carbons (Fsp3) is 0.667. The minimum Gasteiger partial charge on any atom is -0.418 e. The summed E-state index contributed by atoms with van der Waals surface area (Å²) in [6, 6.07) is 0. The topological polar surface area (TPSA) is 38.8 Å². The zero-order valence-electron chi connectivity index (χ0n) is 8.03. The van der Waals surface area contributed by atoms with E-state index in [1.165, 1.54) is 0 Å². The van der Waals surface area contributed by atoms with Gasteiger partial charge in [-0.05, 0) is 6.92 Å². The number of ether oxygens (including phenoxy) is 2. The number of carbonyl (C=O) groups excluding carboxylic acids is 1. The van der Waals surface area contributed by atoms with Gasteiger partial charge >= 0.3 is 5.97 Å². The van der Waals surface area contributed by atoms with Gasteiger partial charge in [-0.25, -0.2) is 9.69 Å². The first-order valence-electron chi connectivity index (χ1n) is 4.40. The van der Waals surface area contributed by atoms with Crippen LogP contribution >= 0.6 is 0 Å². The number of carbonyl (C=O) groups is 1. The maximum absolute atomic E-state index is 10.9. The Morgan fingerprint density at radius 3 is 3.08 bits per heavy atom. The Labute approximate surface area is 78.1 Å². The highest BCUT2D eigenvalue weighted by atomic mass is 16.7. The molecule has 0 radical (unpaired) electrons. The van der Waals surface area contributed by atoms with Crippen LogP contribution in [0, 0.1) is 0 Å². The van der Waals surface area contributed by atoms with Gasteiger partial charge in [-0.15, -0.1) is 0 Å². The van der Waals surface area contributed by atoms with E-state index in [0.29, 0.717) is 0 Å². The van der Waals surface area contributed by atoms with Crippen molar-refractivity contribution in [1.82, 2.24) is 4.90 Å². The third-order valence-electron chi connectivity index (χ3n) is 1.93. The van der Waals surface area contributed by atoms with Gasteiger partial charge in [0.1, 0.15) is 0 Å². The summed E-state index contributed by atoms with van der Waals surface area (Å²) in [5.41, 5.74) is 0. The van der Waals surface area contributed by atoms with Crippen molar-refractivity contribution < 1.29 is 14.3 Å². The Hall–Kier alpha value is -0.870. The Bertz CT molecular complexity index is 205. The van der Waals surface area contributed by atoms with E-state index in [1.807, 2.05) is 18.7 Å². The number of hydrogen-bond acceptors (Lipinski definition) is 4. The largest absolute Gasteiger partial charge is 0.418 e. The van der Waals surface area contributed by atoms with Crippen molar-refractivity contribution in [2.75, 3.05) is 13.1 Å². The van der Waals surface area contributed by atoms with Crippen LogP contribution in [0.2, 0.25) is 0 Å². The van der Waals surface area contributed by atoms with E-state index >= 15 is 0 Å². The molecule has 1 saturated heterocycles. The SMILES string of the molecule is C=CC(=O)OC1OC(C)CN1CC. The highest BCUT2D eigenvalue weighted by molar-refractivity contribution is 5.81. The van der Waals surface area contributed by atoms with Crippen LogP contribution in [-0.4, -0.2) is 36.5 Å². The lowest BCUT2D eigenvalue weighted by Gasteiger charge is -2.19. The van der Waals surface area contributed by atoms with E-state index in [0.717, 1.165) is 19.2 Å². The monoisotopic (exact) mass is 185 g/mol. The molecule has 0 bridgehead atoms. The van der Waals surface area contributed by atoms with Crippen molar-refractivity contribution in [1.29, 1.82) is 0 Å². The van der Waals surface area contributed by atoms with Crippen molar-refractivity contribution in [3.63, 3.8) is 0 Å². The molecule has 0 spiro atoms. The molecule has 0 aromatic heterocycles. The fourth-order valence-corrected chi connectivity index (χ4v) is 1.27. The molecular weight excluding hydrogens is 170 g/mol. The van der Waals surface area contributed by atoms with E-state index in [9.17, 15) is 4.79 Å². The van der Waals surface area contributed by atoms with Crippen LogP contribution in [0.25, 0.3) is 0 Å². The first-order valence-corrected chi connectivity index (χ1v) is 4.40. The second-order valence-electron chi connectivity index (χ2n) is 2.98. The van der Waals surface area contributed by atoms with Crippen LogP contribution < -0.4 is 0 Å². The molecule has 0 aromatic carbocycles. The molecule has 1 aliphatic heterocycles. The van der Waals surface area contributed by atoms with Crippen LogP contribution in [-0.2, 0) is 14.3 Å². The highest BCUT2D eigenvalue weighted by Gasteiger charge is 2.31. The van der Waals surface area contributed by atoms with Gasteiger partial charge in [0.05, 0.1) is 6.10 Å². The van der Waals surface area contributed by atoms with Gasteiger partial charge in [0.25, 0.3) is 6.41 Å². The molecule has 13 heavy (non-hydrogen) atoms. The van der Waals surface area contributed by atoms with E-state index in [1.54, 1.807) is 0 Å². The van der Waals surface area contributed by atoms with Crippen molar-refractivity contribution in [3.05, 3.63) is 12.7 Å². The van der Waals surface area contributed by atoms with Crippen LogP contribution in [0.1, 0.15) is 13.8 Å². The lowest BCUT2D eigenvalue weighted by Crippen LogP contribution is -2.33. The number of esters is 1. The van der Waals surface area contributed by atoms with Crippen molar-refractivity contribution in [3.8, 4) is 0 Å². The van der Waals surface area contributed by atoms with Crippen LogP contribution in [0.4, 0.5) is 0 Å².